The molecule has 0 spiro atoms. The van der Waals surface area contributed by atoms with E-state index in [0.717, 1.165) is 34.7 Å². The molecule has 0 bridgehead atoms. The number of nitrogens with zero attached hydrogens (tertiary/aromatic N) is 4. The smallest absolute Gasteiger partial charge is 0.115 e. The van der Waals surface area contributed by atoms with Crippen LogP contribution < -0.4 is 0 Å². The zero-order valence-corrected chi connectivity index (χ0v) is 12.7. The molecule has 0 fully saturated rings. The Morgan fingerprint density at radius 2 is 2.30 bits per heavy atom. The van der Waals surface area contributed by atoms with Crippen molar-refractivity contribution in [3.8, 4) is 0 Å². The summed E-state index contributed by atoms with van der Waals surface area (Å²) >= 11 is 7.61. The molecule has 104 valence electrons. The Morgan fingerprint density at radius 3 is 3.00 bits per heavy atom. The van der Waals surface area contributed by atoms with E-state index in [4.69, 9.17) is 11.6 Å². The van der Waals surface area contributed by atoms with Crippen LogP contribution in [0, 0.1) is 0 Å². The molecule has 4 nitrogen and oxygen atoms in total. The molecule has 0 aliphatic carbocycles. The molecule has 3 rings (SSSR count). The topological polar surface area (TPSA) is 43.6 Å². The van der Waals surface area contributed by atoms with Gasteiger partial charge in [0.2, 0.25) is 0 Å². The first-order chi connectivity index (χ1) is 9.85. The summed E-state index contributed by atoms with van der Waals surface area (Å²) in [5.41, 5.74) is 2.02. The quantitative estimate of drug-likeness (QED) is 0.676. The van der Waals surface area contributed by atoms with Gasteiger partial charge < -0.3 is 4.57 Å². The van der Waals surface area contributed by atoms with Gasteiger partial charge in [0.25, 0.3) is 0 Å². The van der Waals surface area contributed by atoms with Gasteiger partial charge in [-0.3, -0.25) is 4.98 Å². The molecule has 0 radical (unpaired) electrons. The Kier molecular flexibility index (Phi) is 3.98. The molecule has 0 saturated carbocycles. The molecule has 1 unspecified atom stereocenters. The van der Waals surface area contributed by atoms with Crippen molar-refractivity contribution in [1.29, 1.82) is 0 Å². The van der Waals surface area contributed by atoms with Gasteiger partial charge in [0.05, 0.1) is 17.8 Å². The van der Waals surface area contributed by atoms with E-state index in [9.17, 15) is 0 Å². The largest absolute Gasteiger partial charge is 0.318 e. The molecular weight excluding hydrogens is 292 g/mol. The van der Waals surface area contributed by atoms with E-state index in [1.54, 1.807) is 23.7 Å². The number of pyridine rings is 1. The molecule has 3 aromatic heterocycles. The number of thiazole rings is 1. The first-order valence-electron chi connectivity index (χ1n) is 6.61. The number of alkyl halides is 1. The van der Waals surface area contributed by atoms with Gasteiger partial charge in [-0.15, -0.1) is 22.9 Å². The van der Waals surface area contributed by atoms with Crippen molar-refractivity contribution in [2.24, 2.45) is 0 Å². The summed E-state index contributed by atoms with van der Waals surface area (Å²) in [7, 11) is 0. The number of aryl methyl sites for hydroxylation is 1. The van der Waals surface area contributed by atoms with Crippen LogP contribution in [0.3, 0.4) is 0 Å². The second-order valence-corrected chi connectivity index (χ2v) is 5.80. The normalized spacial score (nSPS) is 12.9. The Hall–Kier alpha value is -1.46. The molecule has 0 N–H and O–H groups in total. The number of aromatic nitrogens is 4. The van der Waals surface area contributed by atoms with E-state index in [1.807, 2.05) is 17.6 Å². The number of hydrogen-bond donors (Lipinski definition) is 0. The highest BCUT2D eigenvalue weighted by atomic mass is 35.5. The number of halogens is 1. The van der Waals surface area contributed by atoms with Gasteiger partial charge in [-0.1, -0.05) is 6.92 Å². The van der Waals surface area contributed by atoms with Crippen LogP contribution in [0.2, 0.25) is 0 Å². The zero-order chi connectivity index (χ0) is 13.9. The number of rotatable bonds is 5. The second kappa shape index (κ2) is 5.89. The summed E-state index contributed by atoms with van der Waals surface area (Å²) < 4.78 is 2.26. The van der Waals surface area contributed by atoms with Crippen molar-refractivity contribution in [2.45, 2.75) is 25.8 Å². The number of imidazole rings is 1. The van der Waals surface area contributed by atoms with Crippen molar-refractivity contribution < 1.29 is 0 Å². The van der Waals surface area contributed by atoms with Gasteiger partial charge >= 0.3 is 0 Å². The van der Waals surface area contributed by atoms with Crippen LogP contribution in [0.1, 0.15) is 30.2 Å². The monoisotopic (exact) mass is 306 g/mol. The Morgan fingerprint density at radius 1 is 1.40 bits per heavy atom. The fourth-order valence-corrected chi connectivity index (χ4v) is 3.46. The van der Waals surface area contributed by atoms with E-state index < -0.39 is 0 Å². The number of fused-ring (bicyclic) bond motifs is 1. The van der Waals surface area contributed by atoms with Crippen LogP contribution in [-0.2, 0) is 6.42 Å². The van der Waals surface area contributed by atoms with Gasteiger partial charge in [-0.25, -0.2) is 9.97 Å². The highest BCUT2D eigenvalue weighted by molar-refractivity contribution is 7.09. The Balaban J connectivity index is 2.19. The third-order valence-electron chi connectivity index (χ3n) is 3.32. The van der Waals surface area contributed by atoms with E-state index in [2.05, 4.69) is 26.4 Å². The maximum Gasteiger partial charge on any atom is 0.115 e. The first-order valence-corrected chi connectivity index (χ1v) is 8.02. The van der Waals surface area contributed by atoms with E-state index in [0.29, 0.717) is 5.88 Å². The van der Waals surface area contributed by atoms with Crippen molar-refractivity contribution in [1.82, 2.24) is 19.5 Å². The molecule has 0 aliphatic heterocycles. The summed E-state index contributed by atoms with van der Waals surface area (Å²) in [6.45, 7) is 2.17. The van der Waals surface area contributed by atoms with E-state index in [-0.39, 0.29) is 6.04 Å². The first kappa shape index (κ1) is 13.5. The van der Waals surface area contributed by atoms with E-state index >= 15 is 0 Å². The van der Waals surface area contributed by atoms with Crippen LogP contribution in [0.25, 0.3) is 11.0 Å². The maximum absolute atomic E-state index is 5.93. The van der Waals surface area contributed by atoms with Gasteiger partial charge in [0, 0.05) is 30.1 Å². The fourth-order valence-electron chi connectivity index (χ4n) is 2.48. The van der Waals surface area contributed by atoms with Gasteiger partial charge in [0.15, 0.2) is 0 Å². The standard InChI is InChI=1S/C14H15ClN4S/c1-2-11(14-17-7-8-20-14)19-12-4-6-16-9-10(12)18-13(19)3-5-15/h4,6-9,11H,2-3,5H2,1H3. The van der Waals surface area contributed by atoms with Crippen LogP contribution in [0.4, 0.5) is 0 Å². The highest BCUT2D eigenvalue weighted by Gasteiger charge is 2.20. The summed E-state index contributed by atoms with van der Waals surface area (Å²) in [4.78, 5) is 13.3. The molecule has 20 heavy (non-hydrogen) atoms. The van der Waals surface area contributed by atoms with Crippen molar-refractivity contribution in [2.75, 3.05) is 5.88 Å². The maximum atomic E-state index is 5.93. The average molecular weight is 307 g/mol. The molecular formula is C14H15ClN4S. The molecule has 0 aromatic carbocycles. The molecule has 0 saturated heterocycles. The minimum absolute atomic E-state index is 0.209. The lowest BCUT2D eigenvalue weighted by Crippen LogP contribution is -2.13. The summed E-state index contributed by atoms with van der Waals surface area (Å²) in [6, 6.07) is 2.22. The lowest BCUT2D eigenvalue weighted by atomic mass is 10.2. The van der Waals surface area contributed by atoms with Crippen LogP contribution in [-0.4, -0.2) is 25.4 Å². The van der Waals surface area contributed by atoms with Gasteiger partial charge in [0.1, 0.15) is 16.3 Å². The van der Waals surface area contributed by atoms with Crippen LogP contribution >= 0.6 is 22.9 Å². The number of hydrogen-bond acceptors (Lipinski definition) is 4. The van der Waals surface area contributed by atoms with Crippen LogP contribution in [0.5, 0.6) is 0 Å². The van der Waals surface area contributed by atoms with Crippen molar-refractivity contribution >= 4 is 34.0 Å². The van der Waals surface area contributed by atoms with Crippen molar-refractivity contribution in [3.63, 3.8) is 0 Å². The predicted octanol–water partition coefficient (Wildman–Crippen LogP) is 3.67. The molecule has 6 heteroatoms. The molecule has 1 atom stereocenters. The third kappa shape index (κ3) is 2.31. The third-order valence-corrected chi connectivity index (χ3v) is 4.38. The molecule has 3 heterocycles. The SMILES string of the molecule is CCC(c1nccs1)n1c(CCCl)nc2cnccc21. The Labute approximate surface area is 126 Å². The highest BCUT2D eigenvalue weighted by Crippen LogP contribution is 2.29. The molecule has 0 amide bonds. The lowest BCUT2D eigenvalue weighted by Gasteiger charge is -2.18. The Bertz CT molecular complexity index is 692. The minimum atomic E-state index is 0.209. The van der Waals surface area contributed by atoms with Gasteiger partial charge in [-0.2, -0.15) is 0 Å². The minimum Gasteiger partial charge on any atom is -0.318 e. The van der Waals surface area contributed by atoms with Gasteiger partial charge in [-0.05, 0) is 12.5 Å². The lowest BCUT2D eigenvalue weighted by molar-refractivity contribution is 0.555. The molecule has 0 aliphatic rings. The average Bonchev–Trinajstić information content (AvgIpc) is 3.09. The predicted molar refractivity (Wildman–Crippen MR) is 82.5 cm³/mol. The summed E-state index contributed by atoms with van der Waals surface area (Å²) in [5, 5.41) is 3.12. The van der Waals surface area contributed by atoms with Crippen molar-refractivity contribution in [3.05, 3.63) is 40.9 Å². The van der Waals surface area contributed by atoms with E-state index in [1.165, 1.54) is 0 Å². The zero-order valence-electron chi connectivity index (χ0n) is 11.2. The second-order valence-electron chi connectivity index (χ2n) is 4.50. The summed E-state index contributed by atoms with van der Waals surface area (Å²) in [5.74, 6) is 1.57. The van der Waals surface area contributed by atoms with Crippen LogP contribution in [0.15, 0.2) is 30.0 Å². The fraction of sp³-hybridized carbons (Fsp3) is 0.357. The molecule has 3 aromatic rings. The summed E-state index contributed by atoms with van der Waals surface area (Å²) in [6.07, 6.45) is 7.18.